The Bertz CT molecular complexity index is 1010. The molecule has 0 spiro atoms. The first-order valence-electron chi connectivity index (χ1n) is 6.96. The van der Waals surface area contributed by atoms with Crippen LogP contribution in [0.25, 0.3) is 20.4 Å². The Morgan fingerprint density at radius 3 is 1.64 bits per heavy atom. The van der Waals surface area contributed by atoms with Crippen LogP contribution in [0.2, 0.25) is 0 Å². The molecule has 0 aliphatic rings. The van der Waals surface area contributed by atoms with Crippen molar-refractivity contribution in [1.82, 2.24) is 9.13 Å². The molecule has 0 bridgehead atoms. The number of thiazole rings is 2. The summed E-state index contributed by atoms with van der Waals surface area (Å²) >= 11 is 2.95. The van der Waals surface area contributed by atoms with Crippen molar-refractivity contribution in [3.05, 3.63) is 58.1 Å². The maximum absolute atomic E-state index is 8.32. The van der Waals surface area contributed by atoms with Crippen LogP contribution in [0.1, 0.15) is 13.1 Å². The van der Waals surface area contributed by atoms with Gasteiger partial charge in [-0.05, 0) is 31.2 Å². The molecule has 0 radical (unpaired) electrons. The van der Waals surface area contributed by atoms with Crippen LogP contribution in [0.4, 0.5) is 0 Å². The van der Waals surface area contributed by atoms with Gasteiger partial charge in [-0.3, -0.25) is 20.0 Å². The van der Waals surface area contributed by atoms with Crippen LogP contribution < -0.4 is 9.60 Å². The summed E-state index contributed by atoms with van der Waals surface area (Å²) in [7, 11) is 0. The highest BCUT2D eigenvalue weighted by Gasteiger charge is 2.16. The van der Waals surface area contributed by atoms with E-state index in [1.165, 1.54) is 22.7 Å². The SMILES string of the molecule is CC(n1c(=N)sc2ccccc21)n1c(=N)sc2ccccc21. The lowest BCUT2D eigenvalue weighted by Crippen LogP contribution is -2.28. The van der Waals surface area contributed by atoms with Gasteiger partial charge in [0.1, 0.15) is 6.17 Å². The molecule has 2 N–H and O–H groups in total. The third-order valence-electron chi connectivity index (χ3n) is 3.85. The topological polar surface area (TPSA) is 57.6 Å². The first-order chi connectivity index (χ1) is 10.7. The minimum absolute atomic E-state index is 0.104. The molecule has 4 aromatic rings. The van der Waals surface area contributed by atoms with Gasteiger partial charge < -0.3 is 0 Å². The van der Waals surface area contributed by atoms with Crippen LogP contribution in [-0.4, -0.2) is 9.13 Å². The molecule has 0 amide bonds. The van der Waals surface area contributed by atoms with E-state index in [9.17, 15) is 0 Å². The van der Waals surface area contributed by atoms with Crippen LogP contribution in [0.5, 0.6) is 0 Å². The normalized spacial score (nSPS) is 13.0. The van der Waals surface area contributed by atoms with Crippen molar-refractivity contribution in [2.24, 2.45) is 0 Å². The maximum Gasteiger partial charge on any atom is 0.184 e. The van der Waals surface area contributed by atoms with Crippen LogP contribution in [0.15, 0.2) is 48.5 Å². The molecule has 4 rings (SSSR count). The fourth-order valence-corrected chi connectivity index (χ4v) is 4.82. The lowest BCUT2D eigenvalue weighted by atomic mass is 10.3. The standard InChI is InChI=1S/C16H14N4S2/c1-10(19-11-6-2-4-8-13(11)21-15(19)17)20-12-7-3-5-9-14(12)22-16(20)18/h2-10,17-18H,1H3. The van der Waals surface area contributed by atoms with Gasteiger partial charge in [0, 0.05) is 0 Å². The number of nitrogens with zero attached hydrogens (tertiary/aromatic N) is 2. The van der Waals surface area contributed by atoms with Crippen molar-refractivity contribution in [3.63, 3.8) is 0 Å². The van der Waals surface area contributed by atoms with Crippen molar-refractivity contribution in [2.45, 2.75) is 13.1 Å². The minimum Gasteiger partial charge on any atom is -0.296 e. The first-order valence-corrected chi connectivity index (χ1v) is 8.59. The molecule has 110 valence electrons. The zero-order chi connectivity index (χ0) is 15.3. The first kappa shape index (κ1) is 13.5. The monoisotopic (exact) mass is 326 g/mol. The third-order valence-corrected chi connectivity index (χ3v) is 5.76. The summed E-state index contributed by atoms with van der Waals surface area (Å²) in [5, 5.41) is 16.6. The van der Waals surface area contributed by atoms with Gasteiger partial charge in [-0.1, -0.05) is 46.9 Å². The third kappa shape index (κ3) is 1.88. The predicted octanol–water partition coefficient (Wildman–Crippen LogP) is 3.74. The van der Waals surface area contributed by atoms with Crippen LogP contribution in [-0.2, 0) is 0 Å². The Kier molecular flexibility index (Phi) is 3.02. The fraction of sp³-hybridized carbons (Fsp3) is 0.125. The number of rotatable bonds is 2. The van der Waals surface area contributed by atoms with Crippen LogP contribution >= 0.6 is 22.7 Å². The molecule has 0 saturated heterocycles. The van der Waals surface area contributed by atoms with E-state index in [0.717, 1.165) is 20.4 Å². The van der Waals surface area contributed by atoms with E-state index in [4.69, 9.17) is 10.8 Å². The average Bonchev–Trinajstić information content (AvgIpc) is 3.01. The summed E-state index contributed by atoms with van der Waals surface area (Å²) in [6.07, 6.45) is -0.104. The molecule has 0 fully saturated rings. The zero-order valence-corrected chi connectivity index (χ0v) is 13.5. The summed E-state index contributed by atoms with van der Waals surface area (Å²) in [6.45, 7) is 2.05. The largest absolute Gasteiger partial charge is 0.296 e. The van der Waals surface area contributed by atoms with Crippen molar-refractivity contribution in [1.29, 1.82) is 10.8 Å². The van der Waals surface area contributed by atoms with E-state index < -0.39 is 0 Å². The summed E-state index contributed by atoms with van der Waals surface area (Å²) < 4.78 is 6.20. The molecule has 0 aliphatic carbocycles. The highest BCUT2D eigenvalue weighted by molar-refractivity contribution is 7.16. The second-order valence-corrected chi connectivity index (χ2v) is 7.18. The zero-order valence-electron chi connectivity index (χ0n) is 11.9. The molecular formula is C16H14N4S2. The molecule has 22 heavy (non-hydrogen) atoms. The smallest absolute Gasteiger partial charge is 0.184 e. The van der Waals surface area contributed by atoms with Crippen molar-refractivity contribution >= 4 is 43.1 Å². The molecule has 2 aromatic carbocycles. The van der Waals surface area contributed by atoms with Gasteiger partial charge in [0.05, 0.1) is 20.4 Å². The molecule has 2 aromatic heterocycles. The number of hydrogen-bond donors (Lipinski definition) is 2. The molecule has 0 atom stereocenters. The van der Waals surface area contributed by atoms with Gasteiger partial charge in [0.15, 0.2) is 9.60 Å². The number of hydrogen-bond acceptors (Lipinski definition) is 4. The van der Waals surface area contributed by atoms with E-state index in [1.54, 1.807) is 0 Å². The van der Waals surface area contributed by atoms with Gasteiger partial charge in [-0.2, -0.15) is 0 Å². The van der Waals surface area contributed by atoms with Gasteiger partial charge in [0.2, 0.25) is 0 Å². The Morgan fingerprint density at radius 2 is 1.18 bits per heavy atom. The van der Waals surface area contributed by atoms with E-state index in [0.29, 0.717) is 9.60 Å². The van der Waals surface area contributed by atoms with E-state index >= 15 is 0 Å². The quantitative estimate of drug-likeness (QED) is 0.564. The van der Waals surface area contributed by atoms with Crippen LogP contribution in [0, 0.1) is 10.8 Å². The number of nitrogens with one attached hydrogen (secondary N) is 2. The van der Waals surface area contributed by atoms with E-state index in [1.807, 2.05) is 57.7 Å². The summed E-state index contributed by atoms with van der Waals surface area (Å²) in [4.78, 5) is 1.02. The molecule has 4 nitrogen and oxygen atoms in total. The second kappa shape index (κ2) is 4.93. The lowest BCUT2D eigenvalue weighted by molar-refractivity contribution is 0.471. The number of aromatic nitrogens is 2. The van der Waals surface area contributed by atoms with Gasteiger partial charge in [-0.15, -0.1) is 0 Å². The molecule has 0 saturated carbocycles. The molecule has 0 unspecified atom stereocenters. The lowest BCUT2D eigenvalue weighted by Gasteiger charge is -2.17. The summed E-state index contributed by atoms with van der Waals surface area (Å²) in [6, 6.07) is 16.1. The number of para-hydroxylation sites is 2. The molecule has 6 heteroatoms. The Hall–Kier alpha value is -2.18. The van der Waals surface area contributed by atoms with E-state index in [2.05, 4.69) is 6.92 Å². The highest BCUT2D eigenvalue weighted by Crippen LogP contribution is 2.24. The van der Waals surface area contributed by atoms with Crippen molar-refractivity contribution in [2.75, 3.05) is 0 Å². The van der Waals surface area contributed by atoms with Crippen molar-refractivity contribution in [3.8, 4) is 0 Å². The second-order valence-electron chi connectivity index (χ2n) is 5.12. The van der Waals surface area contributed by atoms with Gasteiger partial charge in [0.25, 0.3) is 0 Å². The molecule has 0 aliphatic heterocycles. The van der Waals surface area contributed by atoms with Crippen molar-refractivity contribution < 1.29 is 0 Å². The Balaban J connectivity index is 2.02. The highest BCUT2D eigenvalue weighted by atomic mass is 32.1. The van der Waals surface area contributed by atoms with E-state index in [-0.39, 0.29) is 6.17 Å². The van der Waals surface area contributed by atoms with Gasteiger partial charge >= 0.3 is 0 Å². The number of fused-ring (bicyclic) bond motifs is 2. The molecule has 2 heterocycles. The fourth-order valence-electron chi connectivity index (χ4n) is 2.87. The van der Waals surface area contributed by atoms with Gasteiger partial charge in [-0.25, -0.2) is 0 Å². The summed E-state index contributed by atoms with van der Waals surface area (Å²) in [5.41, 5.74) is 2.10. The summed E-state index contributed by atoms with van der Waals surface area (Å²) in [5.74, 6) is 0. The Labute approximate surface area is 134 Å². The predicted molar refractivity (Wildman–Crippen MR) is 91.4 cm³/mol. The molecular weight excluding hydrogens is 312 g/mol. The van der Waals surface area contributed by atoms with Crippen LogP contribution in [0.3, 0.4) is 0 Å². The minimum atomic E-state index is -0.104. The Morgan fingerprint density at radius 1 is 0.773 bits per heavy atom. The maximum atomic E-state index is 8.32. The number of benzene rings is 2. The average molecular weight is 326 g/mol.